The van der Waals surface area contributed by atoms with Crippen LogP contribution in [0.25, 0.3) is 11.1 Å². The van der Waals surface area contributed by atoms with Gasteiger partial charge in [-0.1, -0.05) is 18.2 Å². The average Bonchev–Trinajstić information content (AvgIpc) is 2.86. The predicted octanol–water partition coefficient (Wildman–Crippen LogP) is 3.31. The molecule has 0 unspecified atom stereocenters. The molecule has 1 fully saturated rings. The molecule has 1 amide bonds. The molecule has 2 aromatic rings. The lowest BCUT2D eigenvalue weighted by molar-refractivity contribution is -0.118. The number of amides is 1. The lowest BCUT2D eigenvalue weighted by atomic mass is 10.00. The minimum Gasteiger partial charge on any atom is -0.367 e. The second kappa shape index (κ2) is 5.90. The fourth-order valence-electron chi connectivity index (χ4n) is 3.00. The summed E-state index contributed by atoms with van der Waals surface area (Å²) in [5.74, 6) is 0. The van der Waals surface area contributed by atoms with Gasteiger partial charge in [0.25, 0.3) is 0 Å². The van der Waals surface area contributed by atoms with Crippen LogP contribution in [-0.4, -0.2) is 37.5 Å². The molecular weight excluding hydrogens is 280 g/mol. The number of para-hydroxylation sites is 1. The summed E-state index contributed by atoms with van der Waals surface area (Å²) in [4.78, 5) is 16.5. The zero-order chi connectivity index (χ0) is 14.8. The van der Waals surface area contributed by atoms with Gasteiger partial charge in [0.2, 0.25) is 6.41 Å². The van der Waals surface area contributed by atoms with Crippen molar-refractivity contribution in [1.82, 2.24) is 4.90 Å². The Labute approximate surface area is 129 Å². The van der Waals surface area contributed by atoms with Crippen molar-refractivity contribution >= 4 is 23.4 Å². The maximum atomic E-state index is 10.9. The van der Waals surface area contributed by atoms with Crippen molar-refractivity contribution in [2.75, 3.05) is 31.1 Å². The minimum atomic E-state index is 0.805. The highest BCUT2D eigenvalue weighted by Crippen LogP contribution is 2.38. The Bertz CT molecular complexity index is 622. The average molecular weight is 300 g/mol. The molecule has 110 valence electrons. The normalized spacial score (nSPS) is 15.3. The number of benzene rings is 1. The number of aryl methyl sites for hydroxylation is 2. The van der Waals surface area contributed by atoms with Crippen LogP contribution < -0.4 is 4.90 Å². The van der Waals surface area contributed by atoms with Gasteiger partial charge in [-0.15, -0.1) is 11.3 Å². The van der Waals surface area contributed by atoms with Crippen molar-refractivity contribution in [3.05, 3.63) is 40.1 Å². The van der Waals surface area contributed by atoms with E-state index in [-0.39, 0.29) is 0 Å². The van der Waals surface area contributed by atoms with E-state index in [1.165, 1.54) is 27.3 Å². The zero-order valence-electron chi connectivity index (χ0n) is 12.5. The maximum Gasteiger partial charge on any atom is 0.209 e. The zero-order valence-corrected chi connectivity index (χ0v) is 13.3. The first-order valence-electron chi connectivity index (χ1n) is 7.29. The first-order valence-corrected chi connectivity index (χ1v) is 8.17. The van der Waals surface area contributed by atoms with Crippen LogP contribution in [0.5, 0.6) is 0 Å². The van der Waals surface area contributed by atoms with E-state index in [2.05, 4.69) is 48.4 Å². The lowest BCUT2D eigenvalue weighted by Crippen LogP contribution is -2.45. The second-order valence-electron chi connectivity index (χ2n) is 5.50. The highest BCUT2D eigenvalue weighted by Gasteiger charge is 2.20. The SMILES string of the molecule is Cc1csc(C)c1-c1ccccc1N1CCN(C=O)CC1. The summed E-state index contributed by atoms with van der Waals surface area (Å²) in [5.41, 5.74) is 5.31. The predicted molar refractivity (Wildman–Crippen MR) is 89.1 cm³/mol. The molecule has 3 nitrogen and oxygen atoms in total. The first-order chi connectivity index (χ1) is 10.2. The van der Waals surface area contributed by atoms with E-state index >= 15 is 0 Å². The number of hydrogen-bond donors (Lipinski definition) is 0. The summed E-state index contributed by atoms with van der Waals surface area (Å²) in [6.07, 6.45) is 0.955. The lowest BCUT2D eigenvalue weighted by Gasteiger charge is -2.35. The summed E-state index contributed by atoms with van der Waals surface area (Å²) in [5, 5.41) is 2.23. The molecule has 1 aromatic heterocycles. The molecule has 3 rings (SSSR count). The van der Waals surface area contributed by atoms with Crippen LogP contribution >= 0.6 is 11.3 Å². The van der Waals surface area contributed by atoms with Crippen molar-refractivity contribution in [3.8, 4) is 11.1 Å². The molecule has 1 saturated heterocycles. The van der Waals surface area contributed by atoms with Crippen LogP contribution in [0, 0.1) is 13.8 Å². The van der Waals surface area contributed by atoms with Crippen LogP contribution in [-0.2, 0) is 4.79 Å². The van der Waals surface area contributed by atoms with Crippen LogP contribution in [0.3, 0.4) is 0 Å². The summed E-state index contributed by atoms with van der Waals surface area (Å²) < 4.78 is 0. The highest BCUT2D eigenvalue weighted by atomic mass is 32.1. The van der Waals surface area contributed by atoms with E-state index < -0.39 is 0 Å². The van der Waals surface area contributed by atoms with Crippen LogP contribution in [0.2, 0.25) is 0 Å². The van der Waals surface area contributed by atoms with E-state index in [4.69, 9.17) is 0 Å². The maximum absolute atomic E-state index is 10.9. The minimum absolute atomic E-state index is 0.805. The molecule has 0 spiro atoms. The molecule has 4 heteroatoms. The third kappa shape index (κ3) is 2.68. The van der Waals surface area contributed by atoms with Gasteiger partial charge in [-0.25, -0.2) is 0 Å². The van der Waals surface area contributed by atoms with E-state index in [0.29, 0.717) is 0 Å². The monoisotopic (exact) mass is 300 g/mol. The Kier molecular flexibility index (Phi) is 3.97. The Morgan fingerprint density at radius 2 is 1.81 bits per heavy atom. The number of thiophene rings is 1. The van der Waals surface area contributed by atoms with Gasteiger partial charge >= 0.3 is 0 Å². The third-order valence-electron chi connectivity index (χ3n) is 4.14. The van der Waals surface area contributed by atoms with Gasteiger partial charge in [0.05, 0.1) is 0 Å². The number of carbonyl (C=O) groups excluding carboxylic acids is 1. The highest BCUT2D eigenvalue weighted by molar-refractivity contribution is 7.10. The Balaban J connectivity index is 1.96. The summed E-state index contributed by atoms with van der Waals surface area (Å²) in [6, 6.07) is 8.62. The molecule has 21 heavy (non-hydrogen) atoms. The third-order valence-corrected chi connectivity index (χ3v) is 5.17. The Hall–Kier alpha value is -1.81. The van der Waals surface area contributed by atoms with E-state index in [0.717, 1.165) is 32.6 Å². The van der Waals surface area contributed by atoms with Crippen molar-refractivity contribution < 1.29 is 4.79 Å². The van der Waals surface area contributed by atoms with Gasteiger partial charge in [0.1, 0.15) is 0 Å². The van der Waals surface area contributed by atoms with Crippen molar-refractivity contribution in [1.29, 1.82) is 0 Å². The quantitative estimate of drug-likeness (QED) is 0.812. The molecule has 0 aliphatic carbocycles. The number of carbonyl (C=O) groups is 1. The molecule has 1 aliphatic rings. The van der Waals surface area contributed by atoms with E-state index in [1.807, 2.05) is 16.2 Å². The smallest absolute Gasteiger partial charge is 0.209 e. The van der Waals surface area contributed by atoms with Crippen LogP contribution in [0.4, 0.5) is 5.69 Å². The van der Waals surface area contributed by atoms with Crippen molar-refractivity contribution in [3.63, 3.8) is 0 Å². The van der Waals surface area contributed by atoms with Gasteiger partial charge in [0.15, 0.2) is 0 Å². The molecule has 1 aromatic carbocycles. The topological polar surface area (TPSA) is 23.6 Å². The molecular formula is C17H20N2OS. The fourth-order valence-corrected chi connectivity index (χ4v) is 3.86. The molecule has 0 saturated carbocycles. The van der Waals surface area contributed by atoms with Gasteiger partial charge in [0, 0.05) is 47.9 Å². The number of hydrogen-bond acceptors (Lipinski definition) is 3. The van der Waals surface area contributed by atoms with Crippen LogP contribution in [0.1, 0.15) is 10.4 Å². The van der Waals surface area contributed by atoms with E-state index in [1.54, 1.807) is 0 Å². The number of nitrogens with zero attached hydrogens (tertiary/aromatic N) is 2. The molecule has 0 bridgehead atoms. The fraction of sp³-hybridized carbons (Fsp3) is 0.353. The number of anilines is 1. The molecule has 0 N–H and O–H groups in total. The Morgan fingerprint density at radius 1 is 1.10 bits per heavy atom. The van der Waals surface area contributed by atoms with Gasteiger partial charge in [-0.2, -0.15) is 0 Å². The number of piperazine rings is 1. The van der Waals surface area contributed by atoms with Gasteiger partial charge < -0.3 is 9.80 Å². The standard InChI is InChI=1S/C17H20N2OS/c1-13-11-21-14(2)17(13)15-5-3-4-6-16(15)19-9-7-18(12-20)8-10-19/h3-6,11-12H,7-10H2,1-2H3. The summed E-state index contributed by atoms with van der Waals surface area (Å²) in [7, 11) is 0. The molecule has 0 atom stereocenters. The molecule has 2 heterocycles. The molecule has 1 aliphatic heterocycles. The second-order valence-corrected chi connectivity index (χ2v) is 6.58. The van der Waals surface area contributed by atoms with Gasteiger partial charge in [-0.05, 0) is 30.9 Å². The largest absolute Gasteiger partial charge is 0.367 e. The molecule has 0 radical (unpaired) electrons. The van der Waals surface area contributed by atoms with E-state index in [9.17, 15) is 4.79 Å². The number of rotatable bonds is 3. The summed E-state index contributed by atoms with van der Waals surface area (Å²) >= 11 is 1.81. The summed E-state index contributed by atoms with van der Waals surface area (Å²) in [6.45, 7) is 7.78. The van der Waals surface area contributed by atoms with Crippen molar-refractivity contribution in [2.24, 2.45) is 0 Å². The Morgan fingerprint density at radius 3 is 2.43 bits per heavy atom. The van der Waals surface area contributed by atoms with Crippen LogP contribution in [0.15, 0.2) is 29.6 Å². The van der Waals surface area contributed by atoms with Gasteiger partial charge in [-0.3, -0.25) is 4.79 Å². The van der Waals surface area contributed by atoms with Crippen molar-refractivity contribution in [2.45, 2.75) is 13.8 Å². The first kappa shape index (κ1) is 14.1.